The molecule has 2 N–H and O–H groups in total. The Hall–Kier alpha value is -4.86. The molecule has 0 unspecified atom stereocenters. The summed E-state index contributed by atoms with van der Waals surface area (Å²) in [4.78, 5) is 13.2. The number of nitrogens with zero attached hydrogens (tertiary/aromatic N) is 5. The molecular weight excluding hydrogens is 458 g/mol. The Kier molecular flexibility index (Phi) is 6.48. The molecule has 5 aromatic rings. The van der Waals surface area contributed by atoms with Crippen LogP contribution in [0.15, 0.2) is 73.1 Å². The molecule has 0 fully saturated rings. The average molecular weight is 484 g/mol. The Balaban J connectivity index is 1.46. The fourth-order valence-corrected chi connectivity index (χ4v) is 3.86. The summed E-state index contributed by atoms with van der Waals surface area (Å²) < 4.78 is 18.0. The van der Waals surface area contributed by atoms with Gasteiger partial charge in [-0.15, -0.1) is 5.10 Å². The topological polar surface area (TPSA) is 108 Å². The van der Waals surface area contributed by atoms with Gasteiger partial charge in [0.15, 0.2) is 17.3 Å². The predicted molar refractivity (Wildman–Crippen MR) is 138 cm³/mol. The van der Waals surface area contributed by atoms with Crippen molar-refractivity contribution in [1.82, 2.24) is 24.7 Å². The maximum absolute atomic E-state index is 5.44. The van der Waals surface area contributed by atoms with Gasteiger partial charge in [0.05, 0.1) is 26.8 Å². The molecule has 2 aromatic heterocycles. The number of para-hydroxylation sites is 1. The molecule has 0 radical (unpaired) electrons. The highest BCUT2D eigenvalue weighted by molar-refractivity contribution is 5.91. The Bertz CT molecular complexity index is 1460. The van der Waals surface area contributed by atoms with E-state index >= 15 is 0 Å². The first-order chi connectivity index (χ1) is 17.7. The lowest BCUT2D eigenvalue weighted by Crippen LogP contribution is -2.07. The van der Waals surface area contributed by atoms with Crippen molar-refractivity contribution < 1.29 is 14.2 Å². The van der Waals surface area contributed by atoms with Crippen molar-refractivity contribution in [2.24, 2.45) is 0 Å². The van der Waals surface area contributed by atoms with E-state index in [9.17, 15) is 0 Å². The normalized spacial score (nSPS) is 10.8. The fourth-order valence-electron chi connectivity index (χ4n) is 3.86. The van der Waals surface area contributed by atoms with Crippen LogP contribution in [0, 0.1) is 0 Å². The third kappa shape index (κ3) is 4.56. The second kappa shape index (κ2) is 10.2. The molecule has 0 aliphatic carbocycles. The minimum absolute atomic E-state index is 0.340. The monoisotopic (exact) mass is 483 g/mol. The number of anilines is 3. The highest BCUT2D eigenvalue weighted by atomic mass is 16.5. The standard InChI is InChI=1S/C26H25N7O3/c1-34-21-13-18(14-22(35-2)23(21)36-3)30-25-28-16-29-26(31-25)33-20-12-8-7-11-19(20)24(32-33)27-15-17-9-5-4-6-10-17/h4-14,16H,15H2,1-3H3,(H,27,32)(H,28,29,30,31). The second-order valence-electron chi connectivity index (χ2n) is 7.76. The minimum Gasteiger partial charge on any atom is -0.493 e. The van der Waals surface area contributed by atoms with E-state index in [-0.39, 0.29) is 0 Å². The van der Waals surface area contributed by atoms with Crippen molar-refractivity contribution in [3.63, 3.8) is 0 Å². The number of aromatic nitrogens is 5. The number of nitrogens with one attached hydrogen (secondary N) is 2. The van der Waals surface area contributed by atoms with Crippen LogP contribution in [-0.2, 0) is 6.54 Å². The molecular formula is C26H25N7O3. The van der Waals surface area contributed by atoms with Gasteiger partial charge in [-0.2, -0.15) is 14.6 Å². The molecule has 182 valence electrons. The van der Waals surface area contributed by atoms with Gasteiger partial charge in [-0.25, -0.2) is 4.98 Å². The Morgan fingerprint density at radius 3 is 2.28 bits per heavy atom. The third-order valence-corrected chi connectivity index (χ3v) is 5.56. The molecule has 2 heterocycles. The third-order valence-electron chi connectivity index (χ3n) is 5.56. The SMILES string of the molecule is COc1cc(Nc2ncnc(-n3nc(NCc4ccccc4)c4ccccc43)n2)cc(OC)c1OC. The van der Waals surface area contributed by atoms with Crippen molar-refractivity contribution in [2.75, 3.05) is 32.0 Å². The van der Waals surface area contributed by atoms with Gasteiger partial charge in [-0.3, -0.25) is 0 Å². The molecule has 0 atom stereocenters. The van der Waals surface area contributed by atoms with Gasteiger partial charge >= 0.3 is 0 Å². The maximum Gasteiger partial charge on any atom is 0.255 e. The van der Waals surface area contributed by atoms with Crippen LogP contribution in [0.1, 0.15) is 5.56 Å². The molecule has 0 spiro atoms. The van der Waals surface area contributed by atoms with E-state index < -0.39 is 0 Å². The summed E-state index contributed by atoms with van der Waals surface area (Å²) in [5, 5.41) is 12.3. The summed E-state index contributed by atoms with van der Waals surface area (Å²) in [5.41, 5.74) is 2.70. The largest absolute Gasteiger partial charge is 0.493 e. The first-order valence-electron chi connectivity index (χ1n) is 11.2. The number of benzene rings is 3. The van der Waals surface area contributed by atoms with E-state index in [0.29, 0.717) is 41.4 Å². The summed E-state index contributed by atoms with van der Waals surface area (Å²) in [7, 11) is 4.69. The van der Waals surface area contributed by atoms with Crippen LogP contribution in [0.3, 0.4) is 0 Å². The van der Waals surface area contributed by atoms with Crippen LogP contribution < -0.4 is 24.8 Å². The van der Waals surface area contributed by atoms with Crippen LogP contribution in [0.2, 0.25) is 0 Å². The number of rotatable bonds is 9. The maximum atomic E-state index is 5.44. The lowest BCUT2D eigenvalue weighted by molar-refractivity contribution is 0.324. The van der Waals surface area contributed by atoms with Crippen molar-refractivity contribution in [3.8, 4) is 23.2 Å². The van der Waals surface area contributed by atoms with Crippen LogP contribution in [0.5, 0.6) is 17.2 Å². The molecule has 36 heavy (non-hydrogen) atoms. The molecule has 3 aromatic carbocycles. The van der Waals surface area contributed by atoms with Crippen LogP contribution in [0.4, 0.5) is 17.5 Å². The second-order valence-corrected chi connectivity index (χ2v) is 7.76. The van der Waals surface area contributed by atoms with E-state index in [4.69, 9.17) is 19.3 Å². The fraction of sp³-hybridized carbons (Fsp3) is 0.154. The predicted octanol–water partition coefficient (Wildman–Crippen LogP) is 4.59. The first-order valence-corrected chi connectivity index (χ1v) is 11.2. The lowest BCUT2D eigenvalue weighted by atomic mass is 10.2. The highest BCUT2D eigenvalue weighted by Crippen LogP contribution is 2.40. The van der Waals surface area contributed by atoms with Crippen LogP contribution in [-0.4, -0.2) is 46.1 Å². The number of ether oxygens (including phenoxy) is 3. The van der Waals surface area contributed by atoms with Gasteiger partial charge < -0.3 is 24.8 Å². The summed E-state index contributed by atoms with van der Waals surface area (Å²) in [6.07, 6.45) is 1.44. The lowest BCUT2D eigenvalue weighted by Gasteiger charge is -2.14. The van der Waals surface area contributed by atoms with Crippen molar-refractivity contribution >= 4 is 28.4 Å². The van der Waals surface area contributed by atoms with Crippen molar-refractivity contribution in [2.45, 2.75) is 6.54 Å². The molecule has 10 heteroatoms. The smallest absolute Gasteiger partial charge is 0.255 e. The quantitative estimate of drug-likeness (QED) is 0.311. The van der Waals surface area contributed by atoms with Gasteiger partial charge in [-0.05, 0) is 17.7 Å². The number of hydrogen-bond donors (Lipinski definition) is 2. The summed E-state index contributed by atoms with van der Waals surface area (Å²) >= 11 is 0. The Morgan fingerprint density at radius 1 is 0.833 bits per heavy atom. The van der Waals surface area contributed by atoms with E-state index in [1.54, 1.807) is 38.1 Å². The highest BCUT2D eigenvalue weighted by Gasteiger charge is 2.16. The summed E-state index contributed by atoms with van der Waals surface area (Å²) in [6.45, 7) is 0.646. The van der Waals surface area contributed by atoms with Gasteiger partial charge in [0.2, 0.25) is 11.7 Å². The van der Waals surface area contributed by atoms with Crippen molar-refractivity contribution in [1.29, 1.82) is 0 Å². The molecule has 5 rings (SSSR count). The average Bonchev–Trinajstić information content (AvgIpc) is 3.30. The number of hydrogen-bond acceptors (Lipinski definition) is 9. The first kappa shape index (κ1) is 22.9. The van der Waals surface area contributed by atoms with E-state index in [1.165, 1.54) is 6.33 Å². The molecule has 0 saturated carbocycles. The Morgan fingerprint density at radius 2 is 1.56 bits per heavy atom. The van der Waals surface area contributed by atoms with Crippen LogP contribution >= 0.6 is 0 Å². The van der Waals surface area contributed by atoms with Crippen molar-refractivity contribution in [3.05, 3.63) is 78.6 Å². The summed E-state index contributed by atoms with van der Waals surface area (Å²) in [5.74, 6) is 2.99. The van der Waals surface area contributed by atoms with Gasteiger partial charge in [0.1, 0.15) is 6.33 Å². The zero-order valence-corrected chi connectivity index (χ0v) is 20.1. The van der Waals surface area contributed by atoms with Gasteiger partial charge in [0.25, 0.3) is 5.95 Å². The molecule has 0 bridgehead atoms. The number of fused-ring (bicyclic) bond motifs is 1. The molecule has 0 aliphatic rings. The van der Waals surface area contributed by atoms with E-state index in [0.717, 1.165) is 22.3 Å². The molecule has 0 amide bonds. The Labute approximate surface area is 207 Å². The van der Waals surface area contributed by atoms with E-state index in [1.807, 2.05) is 42.5 Å². The summed E-state index contributed by atoms with van der Waals surface area (Å²) in [6, 6.07) is 21.7. The minimum atomic E-state index is 0.340. The zero-order chi connectivity index (χ0) is 24.9. The van der Waals surface area contributed by atoms with E-state index in [2.05, 4.69) is 37.7 Å². The van der Waals surface area contributed by atoms with Crippen LogP contribution in [0.25, 0.3) is 16.9 Å². The van der Waals surface area contributed by atoms with Gasteiger partial charge in [0, 0.05) is 29.8 Å². The van der Waals surface area contributed by atoms with Gasteiger partial charge in [-0.1, -0.05) is 42.5 Å². The zero-order valence-electron chi connectivity index (χ0n) is 20.1. The number of methoxy groups -OCH3 is 3. The molecule has 0 aliphatic heterocycles. The molecule has 0 saturated heterocycles. The molecule has 10 nitrogen and oxygen atoms in total.